The Morgan fingerprint density at radius 2 is 2.00 bits per heavy atom. The van der Waals surface area contributed by atoms with Crippen molar-refractivity contribution in [3.8, 4) is 5.75 Å². The number of carboxylic acids is 1. The molecule has 0 aliphatic carbocycles. The summed E-state index contributed by atoms with van der Waals surface area (Å²) >= 11 is 0. The highest BCUT2D eigenvalue weighted by atomic mass is 16.5. The third-order valence-electron chi connectivity index (χ3n) is 1.91. The van der Waals surface area contributed by atoms with Crippen molar-refractivity contribution in [2.45, 2.75) is 12.5 Å². The van der Waals surface area contributed by atoms with Crippen LogP contribution in [0.5, 0.6) is 5.75 Å². The zero-order valence-electron chi connectivity index (χ0n) is 7.80. The number of ether oxygens (including phenoxy) is 1. The van der Waals surface area contributed by atoms with E-state index in [4.69, 9.17) is 14.9 Å². The molecular weight excluding hydrogens is 184 g/mol. The minimum absolute atomic E-state index is 0.0821. The molecule has 1 rings (SSSR count). The maximum absolute atomic E-state index is 10.5. The molecule has 0 aliphatic rings. The Labute approximate surface area is 81.8 Å². The first-order valence-electron chi connectivity index (χ1n) is 4.17. The van der Waals surface area contributed by atoms with Gasteiger partial charge in [0.05, 0.1) is 12.5 Å². The Kier molecular flexibility index (Phi) is 3.48. The summed E-state index contributed by atoms with van der Waals surface area (Å²) in [6.07, 6.45) is -0.547. The molecular formula is C10H12O4. The van der Waals surface area contributed by atoms with Gasteiger partial charge in [-0.1, -0.05) is 12.1 Å². The molecule has 0 aliphatic heterocycles. The number of hydrogen-bond donors (Lipinski definition) is 2. The fraction of sp³-hybridized carbons (Fsp3) is 0.300. The summed E-state index contributed by atoms with van der Waals surface area (Å²) in [5.74, 6) is -0.760. The second-order valence-electron chi connectivity index (χ2n) is 2.91. The first kappa shape index (κ1) is 10.5. The van der Waals surface area contributed by atoms with Crippen LogP contribution < -0.4 is 0 Å². The van der Waals surface area contributed by atoms with Gasteiger partial charge in [-0.05, 0) is 17.7 Å². The van der Waals surface area contributed by atoms with Gasteiger partial charge >= 0.3 is 5.97 Å². The van der Waals surface area contributed by atoms with Gasteiger partial charge < -0.3 is 14.9 Å². The highest BCUT2D eigenvalue weighted by Gasteiger charge is 2.14. The summed E-state index contributed by atoms with van der Waals surface area (Å²) in [4.78, 5) is 10.5. The van der Waals surface area contributed by atoms with Crippen molar-refractivity contribution in [2.75, 3.05) is 7.11 Å². The number of phenols is 1. The number of carbonyl (C=O) groups is 1. The van der Waals surface area contributed by atoms with Gasteiger partial charge in [-0.3, -0.25) is 4.79 Å². The highest BCUT2D eigenvalue weighted by molar-refractivity contribution is 5.67. The largest absolute Gasteiger partial charge is 0.508 e. The average Bonchev–Trinajstić information content (AvgIpc) is 2.15. The van der Waals surface area contributed by atoms with E-state index >= 15 is 0 Å². The third kappa shape index (κ3) is 2.74. The van der Waals surface area contributed by atoms with Crippen molar-refractivity contribution < 1.29 is 19.7 Å². The molecule has 1 unspecified atom stereocenters. The van der Waals surface area contributed by atoms with E-state index in [0.29, 0.717) is 0 Å². The molecule has 0 aromatic heterocycles. The lowest BCUT2D eigenvalue weighted by atomic mass is 10.1. The molecule has 0 saturated carbocycles. The van der Waals surface area contributed by atoms with Crippen LogP contribution in [-0.4, -0.2) is 23.3 Å². The van der Waals surface area contributed by atoms with E-state index in [2.05, 4.69) is 0 Å². The Morgan fingerprint density at radius 1 is 1.43 bits per heavy atom. The first-order chi connectivity index (χ1) is 6.63. The number of rotatable bonds is 4. The van der Waals surface area contributed by atoms with E-state index in [1.54, 1.807) is 12.1 Å². The summed E-state index contributed by atoms with van der Waals surface area (Å²) in [6.45, 7) is 0. The number of methoxy groups -OCH3 is 1. The zero-order chi connectivity index (χ0) is 10.6. The van der Waals surface area contributed by atoms with Crippen molar-refractivity contribution in [3.05, 3.63) is 29.8 Å². The predicted molar refractivity (Wildman–Crippen MR) is 50.1 cm³/mol. The lowest BCUT2D eigenvalue weighted by Gasteiger charge is -2.12. The van der Waals surface area contributed by atoms with Crippen molar-refractivity contribution in [1.29, 1.82) is 0 Å². The number of hydrogen-bond acceptors (Lipinski definition) is 3. The van der Waals surface area contributed by atoms with Gasteiger partial charge in [0, 0.05) is 7.11 Å². The minimum Gasteiger partial charge on any atom is -0.508 e. The zero-order valence-corrected chi connectivity index (χ0v) is 7.80. The quantitative estimate of drug-likeness (QED) is 0.766. The Balaban J connectivity index is 2.78. The van der Waals surface area contributed by atoms with Crippen LogP contribution in [0.3, 0.4) is 0 Å². The molecule has 0 radical (unpaired) electrons. The van der Waals surface area contributed by atoms with Crippen LogP contribution in [0.1, 0.15) is 18.1 Å². The molecule has 1 atom stereocenters. The minimum atomic E-state index is -0.912. The molecule has 0 heterocycles. The normalized spacial score (nSPS) is 12.4. The molecule has 0 bridgehead atoms. The smallest absolute Gasteiger partial charge is 0.306 e. The van der Waals surface area contributed by atoms with Crippen LogP contribution in [0, 0.1) is 0 Å². The van der Waals surface area contributed by atoms with Gasteiger partial charge in [0.25, 0.3) is 0 Å². The van der Waals surface area contributed by atoms with Gasteiger partial charge in [-0.15, -0.1) is 0 Å². The van der Waals surface area contributed by atoms with Gasteiger partial charge in [-0.25, -0.2) is 0 Å². The number of aliphatic carboxylic acids is 1. The SMILES string of the molecule is COC(CC(=O)O)c1ccc(O)cc1. The monoisotopic (exact) mass is 196 g/mol. The Bertz CT molecular complexity index is 304. The lowest BCUT2D eigenvalue weighted by molar-refractivity contribution is -0.139. The number of phenolic OH excluding ortho intramolecular Hbond substituents is 1. The molecule has 2 N–H and O–H groups in total. The fourth-order valence-electron chi connectivity index (χ4n) is 1.18. The van der Waals surface area contributed by atoms with Gasteiger partial charge in [0.15, 0.2) is 0 Å². The molecule has 0 saturated heterocycles. The van der Waals surface area contributed by atoms with Crippen molar-refractivity contribution in [3.63, 3.8) is 0 Å². The van der Waals surface area contributed by atoms with E-state index in [1.807, 2.05) is 0 Å². The van der Waals surface area contributed by atoms with E-state index < -0.39 is 12.1 Å². The van der Waals surface area contributed by atoms with Crippen LogP contribution in [0.15, 0.2) is 24.3 Å². The van der Waals surface area contributed by atoms with Gasteiger partial charge in [0.1, 0.15) is 5.75 Å². The molecule has 1 aromatic carbocycles. The summed E-state index contributed by atoms with van der Waals surface area (Å²) in [5, 5.41) is 17.6. The van der Waals surface area contributed by atoms with E-state index in [0.717, 1.165) is 5.56 Å². The van der Waals surface area contributed by atoms with Crippen LogP contribution in [0.25, 0.3) is 0 Å². The lowest BCUT2D eigenvalue weighted by Crippen LogP contribution is -2.07. The Morgan fingerprint density at radius 3 is 2.43 bits per heavy atom. The Hall–Kier alpha value is -1.55. The van der Waals surface area contributed by atoms with Crippen LogP contribution in [0.2, 0.25) is 0 Å². The summed E-state index contributed by atoms with van der Waals surface area (Å²) in [5.41, 5.74) is 0.743. The van der Waals surface area contributed by atoms with Crippen molar-refractivity contribution in [1.82, 2.24) is 0 Å². The molecule has 0 amide bonds. The summed E-state index contributed by atoms with van der Waals surface area (Å²) in [7, 11) is 1.46. The van der Waals surface area contributed by atoms with Crippen molar-refractivity contribution in [2.24, 2.45) is 0 Å². The first-order valence-corrected chi connectivity index (χ1v) is 4.17. The molecule has 0 spiro atoms. The van der Waals surface area contributed by atoms with Crippen LogP contribution in [-0.2, 0) is 9.53 Å². The molecule has 4 nitrogen and oxygen atoms in total. The highest BCUT2D eigenvalue weighted by Crippen LogP contribution is 2.22. The summed E-state index contributed by atoms with van der Waals surface area (Å²) in [6, 6.07) is 6.30. The van der Waals surface area contributed by atoms with E-state index in [9.17, 15) is 4.79 Å². The summed E-state index contributed by atoms with van der Waals surface area (Å²) < 4.78 is 5.02. The molecule has 76 valence electrons. The second-order valence-corrected chi connectivity index (χ2v) is 2.91. The van der Waals surface area contributed by atoms with Crippen LogP contribution >= 0.6 is 0 Å². The molecule has 1 aromatic rings. The molecule has 14 heavy (non-hydrogen) atoms. The second kappa shape index (κ2) is 4.62. The third-order valence-corrected chi connectivity index (χ3v) is 1.91. The number of aromatic hydroxyl groups is 1. The predicted octanol–water partition coefficient (Wildman–Crippen LogP) is 1.55. The maximum atomic E-state index is 10.5. The van der Waals surface area contributed by atoms with E-state index in [-0.39, 0.29) is 12.2 Å². The van der Waals surface area contributed by atoms with Gasteiger partial charge in [0.2, 0.25) is 0 Å². The topological polar surface area (TPSA) is 66.8 Å². The van der Waals surface area contributed by atoms with Gasteiger partial charge in [-0.2, -0.15) is 0 Å². The average molecular weight is 196 g/mol. The maximum Gasteiger partial charge on any atom is 0.306 e. The van der Waals surface area contributed by atoms with Crippen LogP contribution in [0.4, 0.5) is 0 Å². The van der Waals surface area contributed by atoms with Crippen molar-refractivity contribution >= 4 is 5.97 Å². The van der Waals surface area contributed by atoms with E-state index in [1.165, 1.54) is 19.2 Å². The number of benzene rings is 1. The standard InChI is InChI=1S/C10H12O4/c1-14-9(6-10(12)13)7-2-4-8(11)5-3-7/h2-5,9,11H,6H2,1H3,(H,12,13). The number of carboxylic acid groups (broad SMARTS) is 1. The molecule has 4 heteroatoms. The molecule has 0 fully saturated rings. The fourth-order valence-corrected chi connectivity index (χ4v) is 1.18.